The molecule has 2 fully saturated rings. The maximum atomic E-state index is 12.8. The van der Waals surface area contributed by atoms with Gasteiger partial charge in [0.25, 0.3) is 17.8 Å². The van der Waals surface area contributed by atoms with Crippen LogP contribution >= 0.6 is 0 Å². The van der Waals surface area contributed by atoms with Gasteiger partial charge in [-0.3, -0.25) is 19.3 Å². The van der Waals surface area contributed by atoms with Crippen LogP contribution in [0.25, 0.3) is 6.08 Å². The van der Waals surface area contributed by atoms with E-state index in [0.717, 1.165) is 33.5 Å². The van der Waals surface area contributed by atoms with Crippen molar-refractivity contribution in [1.29, 1.82) is 0 Å². The molecule has 2 aliphatic rings. The number of amides is 1. The number of aliphatic carboxylic acids is 2. The second-order valence-electron chi connectivity index (χ2n) is 8.84. The molecular formula is C25H34N4O6. The summed E-state index contributed by atoms with van der Waals surface area (Å²) in [5, 5.41) is 25.0. The number of carboxylic acids is 2. The van der Waals surface area contributed by atoms with E-state index >= 15 is 0 Å². The summed E-state index contributed by atoms with van der Waals surface area (Å²) in [5.74, 6) is -1.35. The summed E-state index contributed by atoms with van der Waals surface area (Å²) in [6.45, 7) is 6.19. The molecular weight excluding hydrogens is 452 g/mol. The summed E-state index contributed by atoms with van der Waals surface area (Å²) in [6.07, 6.45) is 7.58. The van der Waals surface area contributed by atoms with Crippen LogP contribution in [0, 0.1) is 11.3 Å². The molecule has 0 bridgehead atoms. The summed E-state index contributed by atoms with van der Waals surface area (Å²) < 4.78 is 1.75. The number of carbonyl (C=O) groups excluding carboxylic acids is 1. The Kier molecular flexibility index (Phi) is 10.2. The minimum Gasteiger partial charge on any atom is -0.481 e. The normalized spacial score (nSPS) is 21.0. The average Bonchev–Trinajstić information content (AvgIpc) is 3.45. The number of hydrogen-bond acceptors (Lipinski definition) is 6. The van der Waals surface area contributed by atoms with Gasteiger partial charge < -0.3 is 24.8 Å². The van der Waals surface area contributed by atoms with Crippen LogP contribution in [0.4, 0.5) is 0 Å². The molecule has 1 amide bonds. The van der Waals surface area contributed by atoms with Crippen molar-refractivity contribution < 1.29 is 29.7 Å². The van der Waals surface area contributed by atoms with E-state index in [-0.39, 0.29) is 17.9 Å². The molecule has 0 saturated carbocycles. The number of hydrogen-bond donors (Lipinski definition) is 3. The van der Waals surface area contributed by atoms with E-state index in [4.69, 9.17) is 19.8 Å². The Morgan fingerprint density at radius 3 is 2.23 bits per heavy atom. The fraction of sp³-hybridized carbons (Fsp3) is 0.440. The van der Waals surface area contributed by atoms with E-state index < -0.39 is 11.9 Å². The molecule has 2 atom stereocenters. The third-order valence-electron chi connectivity index (χ3n) is 5.94. The van der Waals surface area contributed by atoms with E-state index in [2.05, 4.69) is 34.2 Å². The van der Waals surface area contributed by atoms with E-state index in [1.165, 1.54) is 5.56 Å². The molecule has 3 heterocycles. The van der Waals surface area contributed by atoms with E-state index in [1.54, 1.807) is 17.1 Å². The molecule has 1 aromatic carbocycles. The first kappa shape index (κ1) is 27.7. The molecule has 4 rings (SSSR count). The monoisotopic (exact) mass is 486 g/mol. The number of carbonyl (C=O) groups is 3. The van der Waals surface area contributed by atoms with Crippen LogP contribution in [-0.2, 0) is 16.6 Å². The van der Waals surface area contributed by atoms with Crippen molar-refractivity contribution >= 4 is 23.9 Å². The SMILES string of the molecule is CC(=O)O.CC(=O)O.Cn1cncc1C(=O)N1CC2CN(CC=Cc3ccccc3)CC2(CO)C1. The molecule has 35 heavy (non-hydrogen) atoms. The number of rotatable bonds is 5. The van der Waals surface area contributed by atoms with Crippen LogP contribution in [0.2, 0.25) is 0 Å². The first-order valence-electron chi connectivity index (χ1n) is 11.3. The van der Waals surface area contributed by atoms with Crippen LogP contribution in [0.5, 0.6) is 0 Å². The van der Waals surface area contributed by atoms with Gasteiger partial charge in [0.15, 0.2) is 0 Å². The lowest BCUT2D eigenvalue weighted by molar-refractivity contribution is -0.135. The maximum absolute atomic E-state index is 12.8. The first-order valence-corrected chi connectivity index (χ1v) is 11.3. The number of aliphatic hydroxyl groups is 1. The highest BCUT2D eigenvalue weighted by molar-refractivity contribution is 5.92. The minimum absolute atomic E-state index is 0.00717. The number of likely N-dealkylation sites (tertiary alicyclic amines) is 2. The molecule has 190 valence electrons. The summed E-state index contributed by atoms with van der Waals surface area (Å²) in [4.78, 5) is 39.1. The lowest BCUT2D eigenvalue weighted by Gasteiger charge is -2.27. The van der Waals surface area contributed by atoms with Crippen molar-refractivity contribution in [3.8, 4) is 0 Å². The first-order chi connectivity index (χ1) is 16.6. The second-order valence-corrected chi connectivity index (χ2v) is 8.84. The number of imidazole rings is 1. The number of aryl methyl sites for hydroxylation is 1. The highest BCUT2D eigenvalue weighted by atomic mass is 16.4. The van der Waals surface area contributed by atoms with Gasteiger partial charge in [-0.05, 0) is 11.5 Å². The molecule has 2 aliphatic heterocycles. The van der Waals surface area contributed by atoms with E-state index in [1.807, 2.05) is 30.1 Å². The molecule has 10 heteroatoms. The third kappa shape index (κ3) is 8.04. The van der Waals surface area contributed by atoms with Crippen LogP contribution < -0.4 is 0 Å². The number of aromatic nitrogens is 2. The molecule has 3 N–H and O–H groups in total. The molecule has 0 spiro atoms. The number of fused-ring (bicyclic) bond motifs is 1. The van der Waals surface area contributed by atoms with Crippen molar-refractivity contribution in [3.05, 3.63) is 60.2 Å². The minimum atomic E-state index is -0.833. The zero-order chi connectivity index (χ0) is 26.0. The highest BCUT2D eigenvalue weighted by Crippen LogP contribution is 2.42. The Hall–Kier alpha value is -3.50. The molecule has 2 aromatic rings. The Bertz CT molecular complexity index is 1000. The quantitative estimate of drug-likeness (QED) is 0.581. The average molecular weight is 487 g/mol. The van der Waals surface area contributed by atoms with Crippen molar-refractivity contribution in [2.45, 2.75) is 13.8 Å². The van der Waals surface area contributed by atoms with Crippen LogP contribution in [-0.4, -0.2) is 91.8 Å². The number of benzene rings is 1. The fourth-order valence-corrected chi connectivity index (χ4v) is 4.44. The Morgan fingerprint density at radius 2 is 1.71 bits per heavy atom. The van der Waals surface area contributed by atoms with E-state index in [0.29, 0.717) is 24.7 Å². The smallest absolute Gasteiger partial charge is 0.300 e. The Balaban J connectivity index is 0.000000473. The second kappa shape index (κ2) is 12.8. The van der Waals surface area contributed by atoms with Gasteiger partial charge in [0.2, 0.25) is 0 Å². The fourth-order valence-electron chi connectivity index (χ4n) is 4.44. The number of nitrogens with zero attached hydrogens (tertiary/aromatic N) is 4. The lowest BCUT2D eigenvalue weighted by Crippen LogP contribution is -2.39. The molecule has 2 unspecified atom stereocenters. The molecule has 1 aromatic heterocycles. The van der Waals surface area contributed by atoms with Crippen LogP contribution in [0.3, 0.4) is 0 Å². The van der Waals surface area contributed by atoms with Gasteiger partial charge >= 0.3 is 0 Å². The maximum Gasteiger partial charge on any atom is 0.300 e. The number of carboxylic acid groups (broad SMARTS) is 2. The Morgan fingerprint density at radius 1 is 1.09 bits per heavy atom. The molecule has 10 nitrogen and oxygen atoms in total. The summed E-state index contributed by atoms with van der Waals surface area (Å²) in [6, 6.07) is 10.3. The van der Waals surface area contributed by atoms with Gasteiger partial charge in [-0.2, -0.15) is 0 Å². The predicted molar refractivity (Wildman–Crippen MR) is 131 cm³/mol. The van der Waals surface area contributed by atoms with Crippen LogP contribution in [0.1, 0.15) is 29.9 Å². The Labute approximate surface area is 205 Å². The highest BCUT2D eigenvalue weighted by Gasteiger charge is 2.53. The predicted octanol–water partition coefficient (Wildman–Crippen LogP) is 1.68. The van der Waals surface area contributed by atoms with Crippen molar-refractivity contribution in [3.63, 3.8) is 0 Å². The molecule has 0 radical (unpaired) electrons. The lowest BCUT2D eigenvalue weighted by atomic mass is 9.82. The van der Waals surface area contributed by atoms with Gasteiger partial charge in [0, 0.05) is 59.0 Å². The molecule has 2 saturated heterocycles. The zero-order valence-corrected chi connectivity index (χ0v) is 20.4. The van der Waals surface area contributed by atoms with E-state index in [9.17, 15) is 9.90 Å². The largest absolute Gasteiger partial charge is 0.481 e. The standard InChI is InChI=1S/C21H26N4O2.2C2H4O2/c1-23-16-22-10-19(23)20(27)25-12-18-11-24(13-21(18,14-25)15-26)9-5-8-17-6-3-2-4-7-17;2*1-2(3)4/h2-8,10,16,18,26H,9,11-15H2,1H3;2*1H3,(H,3,4). The van der Waals surface area contributed by atoms with Gasteiger partial charge in [-0.1, -0.05) is 42.5 Å². The number of aliphatic hydroxyl groups excluding tert-OH is 1. The zero-order valence-electron chi connectivity index (χ0n) is 20.4. The topological polar surface area (TPSA) is 136 Å². The van der Waals surface area contributed by atoms with Crippen molar-refractivity contribution in [1.82, 2.24) is 19.4 Å². The van der Waals surface area contributed by atoms with Crippen LogP contribution in [0.15, 0.2) is 48.9 Å². The van der Waals surface area contributed by atoms with Gasteiger partial charge in [0.05, 0.1) is 19.1 Å². The van der Waals surface area contributed by atoms with Gasteiger partial charge in [0.1, 0.15) is 5.69 Å². The van der Waals surface area contributed by atoms with Gasteiger partial charge in [-0.25, -0.2) is 4.98 Å². The summed E-state index contributed by atoms with van der Waals surface area (Å²) in [5.41, 5.74) is 1.59. The van der Waals surface area contributed by atoms with Crippen molar-refractivity contribution in [2.75, 3.05) is 39.3 Å². The third-order valence-corrected chi connectivity index (χ3v) is 5.94. The summed E-state index contributed by atoms with van der Waals surface area (Å²) in [7, 11) is 1.83. The van der Waals surface area contributed by atoms with Gasteiger partial charge in [-0.15, -0.1) is 0 Å². The van der Waals surface area contributed by atoms with Crippen molar-refractivity contribution in [2.24, 2.45) is 18.4 Å². The summed E-state index contributed by atoms with van der Waals surface area (Å²) >= 11 is 0. The molecule has 0 aliphatic carbocycles.